The van der Waals surface area contributed by atoms with Gasteiger partial charge in [0.2, 0.25) is 5.91 Å². The Bertz CT molecular complexity index is 205. The SMILES string of the molecule is CN(CCN1CCCC1)C(=O)COCCN. The molecule has 1 rings (SSSR count). The van der Waals surface area contributed by atoms with Crippen LogP contribution >= 0.6 is 0 Å². The first-order chi connectivity index (χ1) is 7.74. The number of nitrogens with zero attached hydrogens (tertiary/aromatic N) is 2. The second-order valence-electron chi connectivity index (χ2n) is 4.21. The highest BCUT2D eigenvalue weighted by Crippen LogP contribution is 2.06. The molecule has 2 N–H and O–H groups in total. The molecular weight excluding hydrogens is 206 g/mol. The van der Waals surface area contributed by atoms with Gasteiger partial charge in [0.1, 0.15) is 6.61 Å². The molecular formula is C11H23N3O2. The average Bonchev–Trinajstić information content (AvgIpc) is 2.79. The Morgan fingerprint density at radius 3 is 2.75 bits per heavy atom. The van der Waals surface area contributed by atoms with Gasteiger partial charge in [-0.3, -0.25) is 4.79 Å². The molecule has 0 aromatic carbocycles. The predicted molar refractivity (Wildman–Crippen MR) is 63.2 cm³/mol. The highest BCUT2D eigenvalue weighted by atomic mass is 16.5. The summed E-state index contributed by atoms with van der Waals surface area (Å²) in [7, 11) is 1.82. The first kappa shape index (κ1) is 13.4. The van der Waals surface area contributed by atoms with Crippen LogP contribution in [0.1, 0.15) is 12.8 Å². The Morgan fingerprint density at radius 1 is 1.44 bits per heavy atom. The van der Waals surface area contributed by atoms with Gasteiger partial charge >= 0.3 is 0 Å². The van der Waals surface area contributed by atoms with Crippen molar-refractivity contribution in [2.45, 2.75) is 12.8 Å². The van der Waals surface area contributed by atoms with Crippen LogP contribution in [0.2, 0.25) is 0 Å². The highest BCUT2D eigenvalue weighted by molar-refractivity contribution is 5.77. The lowest BCUT2D eigenvalue weighted by molar-refractivity contribution is -0.134. The van der Waals surface area contributed by atoms with Crippen LogP contribution in [0.15, 0.2) is 0 Å². The van der Waals surface area contributed by atoms with Gasteiger partial charge in [-0.15, -0.1) is 0 Å². The van der Waals surface area contributed by atoms with Crippen LogP contribution in [0.25, 0.3) is 0 Å². The summed E-state index contributed by atoms with van der Waals surface area (Å²) < 4.78 is 5.11. The number of hydrogen-bond donors (Lipinski definition) is 1. The van der Waals surface area contributed by atoms with Crippen molar-refractivity contribution in [2.75, 3.05) is 53.0 Å². The summed E-state index contributed by atoms with van der Waals surface area (Å²) in [6.07, 6.45) is 2.58. The molecule has 1 aliphatic heterocycles. The number of rotatable bonds is 7. The second kappa shape index (κ2) is 7.60. The zero-order valence-corrected chi connectivity index (χ0v) is 10.2. The standard InChI is InChI=1S/C11H23N3O2/c1-13(11(15)10-16-9-4-12)7-8-14-5-2-3-6-14/h2-10,12H2,1H3. The lowest BCUT2D eigenvalue weighted by Crippen LogP contribution is -2.37. The molecule has 1 amide bonds. The van der Waals surface area contributed by atoms with E-state index in [1.54, 1.807) is 4.90 Å². The maximum atomic E-state index is 11.6. The van der Waals surface area contributed by atoms with E-state index < -0.39 is 0 Å². The number of carbonyl (C=O) groups is 1. The molecule has 1 saturated heterocycles. The van der Waals surface area contributed by atoms with Crippen LogP contribution in [0.3, 0.4) is 0 Å². The Balaban J connectivity index is 2.07. The Hall–Kier alpha value is -0.650. The van der Waals surface area contributed by atoms with Crippen molar-refractivity contribution in [2.24, 2.45) is 5.73 Å². The van der Waals surface area contributed by atoms with Gasteiger partial charge in [0, 0.05) is 26.7 Å². The van der Waals surface area contributed by atoms with Gasteiger partial charge in [0.15, 0.2) is 0 Å². The molecule has 1 heterocycles. The molecule has 0 aliphatic carbocycles. The van der Waals surface area contributed by atoms with E-state index in [1.165, 1.54) is 25.9 Å². The van der Waals surface area contributed by atoms with Gasteiger partial charge < -0.3 is 20.3 Å². The van der Waals surface area contributed by atoms with Crippen molar-refractivity contribution in [3.05, 3.63) is 0 Å². The Morgan fingerprint density at radius 2 is 2.12 bits per heavy atom. The predicted octanol–water partition coefficient (Wildman–Crippen LogP) is -0.484. The van der Waals surface area contributed by atoms with Crippen molar-refractivity contribution < 1.29 is 9.53 Å². The first-order valence-corrected chi connectivity index (χ1v) is 5.98. The van der Waals surface area contributed by atoms with Crippen LogP contribution in [0, 0.1) is 0 Å². The number of ether oxygens (including phenoxy) is 1. The number of likely N-dealkylation sites (tertiary alicyclic amines) is 1. The summed E-state index contributed by atoms with van der Waals surface area (Å²) in [6, 6.07) is 0. The smallest absolute Gasteiger partial charge is 0.248 e. The maximum Gasteiger partial charge on any atom is 0.248 e. The Kier molecular flexibility index (Phi) is 6.37. The molecule has 94 valence electrons. The van der Waals surface area contributed by atoms with E-state index in [-0.39, 0.29) is 12.5 Å². The molecule has 0 bridgehead atoms. The molecule has 0 aromatic heterocycles. The van der Waals surface area contributed by atoms with E-state index in [4.69, 9.17) is 10.5 Å². The van der Waals surface area contributed by atoms with Gasteiger partial charge in [-0.05, 0) is 25.9 Å². The lowest BCUT2D eigenvalue weighted by Gasteiger charge is -2.21. The average molecular weight is 229 g/mol. The molecule has 1 aliphatic rings. The monoisotopic (exact) mass is 229 g/mol. The van der Waals surface area contributed by atoms with E-state index in [9.17, 15) is 4.79 Å². The molecule has 5 nitrogen and oxygen atoms in total. The molecule has 16 heavy (non-hydrogen) atoms. The van der Waals surface area contributed by atoms with Crippen molar-refractivity contribution in [3.63, 3.8) is 0 Å². The zero-order valence-electron chi connectivity index (χ0n) is 10.2. The molecule has 0 atom stereocenters. The third kappa shape index (κ3) is 4.92. The molecule has 0 saturated carbocycles. The second-order valence-corrected chi connectivity index (χ2v) is 4.21. The Labute approximate surface area is 97.5 Å². The maximum absolute atomic E-state index is 11.6. The van der Waals surface area contributed by atoms with Crippen molar-refractivity contribution in [1.29, 1.82) is 0 Å². The molecule has 0 unspecified atom stereocenters. The number of carbonyl (C=O) groups excluding carboxylic acids is 1. The van der Waals surface area contributed by atoms with E-state index in [2.05, 4.69) is 4.90 Å². The molecule has 0 radical (unpaired) electrons. The van der Waals surface area contributed by atoms with E-state index in [0.717, 1.165) is 13.1 Å². The van der Waals surface area contributed by atoms with Crippen molar-refractivity contribution in [1.82, 2.24) is 9.80 Å². The summed E-state index contributed by atoms with van der Waals surface area (Å²) in [5.74, 6) is 0.0349. The van der Waals surface area contributed by atoms with Crippen molar-refractivity contribution in [3.8, 4) is 0 Å². The summed E-state index contributed by atoms with van der Waals surface area (Å²) in [5, 5.41) is 0. The fourth-order valence-corrected chi connectivity index (χ4v) is 1.78. The summed E-state index contributed by atoms with van der Waals surface area (Å²) >= 11 is 0. The zero-order chi connectivity index (χ0) is 11.8. The summed E-state index contributed by atoms with van der Waals surface area (Å²) in [4.78, 5) is 15.7. The van der Waals surface area contributed by atoms with Crippen molar-refractivity contribution >= 4 is 5.91 Å². The van der Waals surface area contributed by atoms with E-state index >= 15 is 0 Å². The molecule has 0 aromatic rings. The normalized spacial score (nSPS) is 16.6. The van der Waals surface area contributed by atoms with Gasteiger partial charge in [0.25, 0.3) is 0 Å². The van der Waals surface area contributed by atoms with E-state index in [1.807, 2.05) is 7.05 Å². The minimum atomic E-state index is 0.0349. The number of nitrogens with two attached hydrogens (primary N) is 1. The minimum Gasteiger partial charge on any atom is -0.370 e. The van der Waals surface area contributed by atoms with Crippen LogP contribution in [0.5, 0.6) is 0 Å². The lowest BCUT2D eigenvalue weighted by atomic mass is 10.4. The van der Waals surface area contributed by atoms with Gasteiger partial charge in [-0.25, -0.2) is 0 Å². The molecule has 1 fully saturated rings. The summed E-state index contributed by atoms with van der Waals surface area (Å²) in [5.41, 5.74) is 5.28. The number of likely N-dealkylation sites (N-methyl/N-ethyl adjacent to an activating group) is 1. The molecule has 5 heteroatoms. The number of hydrogen-bond acceptors (Lipinski definition) is 4. The topological polar surface area (TPSA) is 58.8 Å². The highest BCUT2D eigenvalue weighted by Gasteiger charge is 2.14. The van der Waals surface area contributed by atoms with Crippen LogP contribution < -0.4 is 5.73 Å². The minimum absolute atomic E-state index is 0.0349. The van der Waals surface area contributed by atoms with E-state index in [0.29, 0.717) is 13.2 Å². The van der Waals surface area contributed by atoms with Gasteiger partial charge in [-0.1, -0.05) is 0 Å². The number of amides is 1. The fraction of sp³-hybridized carbons (Fsp3) is 0.909. The largest absolute Gasteiger partial charge is 0.370 e. The summed E-state index contributed by atoms with van der Waals surface area (Å²) in [6.45, 7) is 5.16. The first-order valence-electron chi connectivity index (χ1n) is 5.98. The van der Waals surface area contributed by atoms with Crippen LogP contribution in [0.4, 0.5) is 0 Å². The third-order valence-electron chi connectivity index (χ3n) is 2.86. The van der Waals surface area contributed by atoms with Gasteiger partial charge in [0.05, 0.1) is 6.61 Å². The quantitative estimate of drug-likeness (QED) is 0.599. The van der Waals surface area contributed by atoms with Gasteiger partial charge in [-0.2, -0.15) is 0 Å². The van der Waals surface area contributed by atoms with Crippen LogP contribution in [-0.4, -0.2) is 68.7 Å². The molecule has 0 spiro atoms. The fourth-order valence-electron chi connectivity index (χ4n) is 1.78. The van der Waals surface area contributed by atoms with Crippen LogP contribution in [-0.2, 0) is 9.53 Å². The third-order valence-corrected chi connectivity index (χ3v) is 2.86.